The Bertz CT molecular complexity index is 1370. The fraction of sp³-hybridized carbons (Fsp3) is 0.208. The van der Waals surface area contributed by atoms with E-state index in [1.165, 1.54) is 12.1 Å². The molecule has 0 radical (unpaired) electrons. The largest absolute Gasteiger partial charge is 1.00 e. The number of carboxylic acid groups (broad SMARTS) is 2. The van der Waals surface area contributed by atoms with E-state index < -0.39 is 23.9 Å². The number of anilines is 2. The molecule has 1 atom stereocenters. The molecule has 0 fully saturated rings. The van der Waals surface area contributed by atoms with E-state index in [1.807, 2.05) is 11.0 Å². The van der Waals surface area contributed by atoms with Crippen LogP contribution in [0.1, 0.15) is 28.8 Å². The number of fused-ring (bicyclic) bond motifs is 1. The summed E-state index contributed by atoms with van der Waals surface area (Å²) >= 11 is 0. The number of aromatic nitrogens is 2. The number of hydrogen-bond donors (Lipinski definition) is 5. The minimum Gasteiger partial charge on any atom is -0.481 e. The molecule has 1 amide bonds. The van der Waals surface area contributed by atoms with E-state index in [-0.39, 0.29) is 66.0 Å². The van der Waals surface area contributed by atoms with Gasteiger partial charge in [0.15, 0.2) is 0 Å². The maximum Gasteiger partial charge on any atom is 1.00 e. The minimum atomic E-state index is -1.32. The molecular formula is C24H23N5NaO6+. The molecule has 0 aliphatic heterocycles. The Hall–Kier alpha value is -3.85. The van der Waals surface area contributed by atoms with E-state index in [9.17, 15) is 24.3 Å². The number of terminal acetylenes is 1. The van der Waals surface area contributed by atoms with Crippen LogP contribution in [0.5, 0.6) is 0 Å². The van der Waals surface area contributed by atoms with Crippen LogP contribution >= 0.6 is 0 Å². The topological polar surface area (TPSA) is 179 Å². The number of aliphatic carboxylic acids is 2. The number of carbonyl (C=O) groups is 3. The molecular weight excluding hydrogens is 477 g/mol. The smallest absolute Gasteiger partial charge is 0.481 e. The third kappa shape index (κ3) is 7.32. The van der Waals surface area contributed by atoms with E-state index in [0.717, 1.165) is 5.56 Å². The standard InChI is InChI=1S/C24H23N5O6.Na/c1-2-11-29(13-14-3-8-18-17(12-14)22(33)28-24(25)27-18)16-6-4-15(5-7-16)21(32)26-19(23(34)35)9-10-20(30)31;/h1,3-8,12,19H,9-11,13H2,(H,26,32)(H,30,31)(H,34,35)(H3,25,27,28,33);/q;+1. The Morgan fingerprint density at radius 3 is 2.47 bits per heavy atom. The average molecular weight is 500 g/mol. The summed E-state index contributed by atoms with van der Waals surface area (Å²) in [6.07, 6.45) is 4.91. The molecule has 1 heterocycles. The first-order chi connectivity index (χ1) is 16.7. The summed E-state index contributed by atoms with van der Waals surface area (Å²) < 4.78 is 0. The number of nitrogens with zero attached hydrogens (tertiary/aromatic N) is 2. The molecule has 0 aliphatic carbocycles. The van der Waals surface area contributed by atoms with Gasteiger partial charge in [-0.25, -0.2) is 9.78 Å². The molecule has 0 saturated carbocycles. The van der Waals surface area contributed by atoms with Crippen molar-refractivity contribution in [1.29, 1.82) is 0 Å². The number of hydrogen-bond acceptors (Lipinski definition) is 7. The van der Waals surface area contributed by atoms with E-state index in [0.29, 0.717) is 23.1 Å². The first kappa shape index (κ1) is 28.4. The molecule has 3 aromatic rings. The summed E-state index contributed by atoms with van der Waals surface area (Å²) in [5.74, 6) is -0.499. The molecule has 36 heavy (non-hydrogen) atoms. The van der Waals surface area contributed by atoms with Gasteiger partial charge in [0, 0.05) is 24.2 Å². The van der Waals surface area contributed by atoms with Crippen LogP contribution in [-0.4, -0.2) is 50.6 Å². The maximum atomic E-state index is 12.5. The van der Waals surface area contributed by atoms with Crippen LogP contribution in [0.3, 0.4) is 0 Å². The van der Waals surface area contributed by atoms with Gasteiger partial charge in [0.1, 0.15) is 6.04 Å². The molecule has 0 saturated heterocycles. The van der Waals surface area contributed by atoms with E-state index in [2.05, 4.69) is 21.2 Å². The van der Waals surface area contributed by atoms with Crippen LogP contribution in [0.25, 0.3) is 10.9 Å². The summed E-state index contributed by atoms with van der Waals surface area (Å²) in [7, 11) is 0. The molecule has 11 nitrogen and oxygen atoms in total. The summed E-state index contributed by atoms with van der Waals surface area (Å²) in [5, 5.41) is 20.7. The van der Waals surface area contributed by atoms with Crippen molar-refractivity contribution in [3.8, 4) is 12.3 Å². The molecule has 6 N–H and O–H groups in total. The first-order valence-corrected chi connectivity index (χ1v) is 10.5. The Morgan fingerprint density at radius 2 is 1.86 bits per heavy atom. The van der Waals surface area contributed by atoms with Crippen molar-refractivity contribution >= 4 is 40.4 Å². The van der Waals surface area contributed by atoms with Crippen molar-refractivity contribution in [2.45, 2.75) is 25.4 Å². The van der Waals surface area contributed by atoms with Crippen LogP contribution in [0, 0.1) is 12.3 Å². The van der Waals surface area contributed by atoms with E-state index >= 15 is 0 Å². The number of carboxylic acids is 2. The molecule has 0 aliphatic rings. The number of carbonyl (C=O) groups excluding carboxylic acids is 1. The fourth-order valence-electron chi connectivity index (χ4n) is 3.46. The van der Waals surface area contributed by atoms with Crippen molar-refractivity contribution in [2.75, 3.05) is 17.2 Å². The van der Waals surface area contributed by atoms with Crippen LogP contribution in [0.2, 0.25) is 0 Å². The van der Waals surface area contributed by atoms with Crippen molar-refractivity contribution in [3.63, 3.8) is 0 Å². The summed E-state index contributed by atoms with van der Waals surface area (Å²) in [6.45, 7) is 0.613. The van der Waals surface area contributed by atoms with Gasteiger partial charge in [-0.1, -0.05) is 12.0 Å². The predicted molar refractivity (Wildman–Crippen MR) is 129 cm³/mol. The summed E-state index contributed by atoms with van der Waals surface area (Å²) in [6, 6.07) is 10.2. The number of amides is 1. The van der Waals surface area contributed by atoms with Gasteiger partial charge in [0.25, 0.3) is 11.5 Å². The molecule has 1 aromatic heterocycles. The van der Waals surface area contributed by atoms with E-state index in [1.54, 1.807) is 24.3 Å². The van der Waals surface area contributed by atoms with Crippen molar-refractivity contribution in [3.05, 3.63) is 63.9 Å². The second-order valence-corrected chi connectivity index (χ2v) is 7.71. The summed E-state index contributed by atoms with van der Waals surface area (Å²) in [4.78, 5) is 55.1. The zero-order valence-electron chi connectivity index (χ0n) is 19.5. The van der Waals surface area contributed by atoms with Crippen molar-refractivity contribution in [2.24, 2.45) is 0 Å². The van der Waals surface area contributed by atoms with Crippen LogP contribution in [0.15, 0.2) is 47.3 Å². The predicted octanol–water partition coefficient (Wildman–Crippen LogP) is -1.80. The minimum absolute atomic E-state index is 0. The quantitative estimate of drug-likeness (QED) is 0.159. The third-order valence-corrected chi connectivity index (χ3v) is 5.19. The van der Waals surface area contributed by atoms with Gasteiger partial charge in [0.2, 0.25) is 5.95 Å². The monoisotopic (exact) mass is 500 g/mol. The summed E-state index contributed by atoms with van der Waals surface area (Å²) in [5.41, 5.74) is 7.41. The Balaban J connectivity index is 0.00000456. The fourth-order valence-corrected chi connectivity index (χ4v) is 3.46. The van der Waals surface area contributed by atoms with E-state index in [4.69, 9.17) is 17.3 Å². The normalized spacial score (nSPS) is 11.1. The number of nitrogens with two attached hydrogens (primary N) is 1. The molecule has 0 bridgehead atoms. The Labute approximate surface area is 228 Å². The Kier molecular flexibility index (Phi) is 10.0. The van der Waals surface area contributed by atoms with Gasteiger partial charge in [-0.05, 0) is 48.4 Å². The van der Waals surface area contributed by atoms with Gasteiger partial charge in [-0.15, -0.1) is 6.42 Å². The SMILES string of the molecule is C#CCN(Cc1ccc2nc(N)[nH]c(=O)c2c1)c1ccc(C(=O)NC(CCC(=O)O)C(=O)O)cc1.[Na+]. The van der Waals surface area contributed by atoms with Gasteiger partial charge < -0.3 is 26.2 Å². The number of benzene rings is 2. The maximum absolute atomic E-state index is 12.5. The second kappa shape index (κ2) is 12.7. The van der Waals surface area contributed by atoms with Gasteiger partial charge in [-0.3, -0.25) is 19.4 Å². The number of aromatic amines is 1. The zero-order valence-corrected chi connectivity index (χ0v) is 21.5. The second-order valence-electron chi connectivity index (χ2n) is 7.71. The number of nitrogen functional groups attached to an aromatic ring is 1. The zero-order chi connectivity index (χ0) is 25.5. The van der Waals surface area contributed by atoms with Crippen molar-refractivity contribution < 1.29 is 54.2 Å². The van der Waals surface area contributed by atoms with Gasteiger partial charge >= 0.3 is 41.5 Å². The van der Waals surface area contributed by atoms with Crippen molar-refractivity contribution in [1.82, 2.24) is 15.3 Å². The molecule has 1 unspecified atom stereocenters. The average Bonchev–Trinajstić information content (AvgIpc) is 2.81. The van der Waals surface area contributed by atoms with Gasteiger partial charge in [-0.2, -0.15) is 0 Å². The van der Waals surface area contributed by atoms with Crippen LogP contribution in [-0.2, 0) is 16.1 Å². The number of nitrogens with one attached hydrogen (secondary N) is 2. The third-order valence-electron chi connectivity index (χ3n) is 5.19. The first-order valence-electron chi connectivity index (χ1n) is 10.5. The van der Waals surface area contributed by atoms with Gasteiger partial charge in [0.05, 0.1) is 17.4 Å². The number of rotatable bonds is 10. The molecule has 3 rings (SSSR count). The molecule has 180 valence electrons. The Morgan fingerprint density at radius 1 is 1.17 bits per heavy atom. The molecule has 0 spiro atoms. The van der Waals surface area contributed by atoms with Crippen LogP contribution in [0.4, 0.5) is 11.6 Å². The molecule has 2 aromatic carbocycles. The molecule has 12 heteroatoms. The number of H-pyrrole nitrogens is 1. The van der Waals surface area contributed by atoms with Crippen LogP contribution < -0.4 is 51.1 Å².